The second-order valence-electron chi connectivity index (χ2n) is 8.18. The molecular weight excluding hydrogens is 342 g/mol. The predicted molar refractivity (Wildman–Crippen MR) is 102 cm³/mol. The lowest BCUT2D eigenvalue weighted by Gasteiger charge is -2.47. The fourth-order valence-electron chi connectivity index (χ4n) is 4.12. The van der Waals surface area contributed by atoms with Crippen LogP contribution in [0.2, 0.25) is 0 Å². The highest BCUT2D eigenvalue weighted by atomic mass is 16.5. The summed E-state index contributed by atoms with van der Waals surface area (Å²) < 4.78 is 17.4. The van der Waals surface area contributed by atoms with E-state index in [0.717, 1.165) is 44.7 Å². The van der Waals surface area contributed by atoms with E-state index in [1.54, 1.807) is 0 Å². The zero-order chi connectivity index (χ0) is 18.9. The van der Waals surface area contributed by atoms with E-state index in [-0.39, 0.29) is 11.7 Å². The van der Waals surface area contributed by atoms with Crippen LogP contribution in [0.4, 0.5) is 0 Å². The van der Waals surface area contributed by atoms with Gasteiger partial charge in [-0.3, -0.25) is 4.90 Å². The fourth-order valence-corrected chi connectivity index (χ4v) is 4.12. The van der Waals surface area contributed by atoms with Crippen LogP contribution in [-0.4, -0.2) is 53.0 Å². The zero-order valence-corrected chi connectivity index (χ0v) is 16.5. The van der Waals surface area contributed by atoms with E-state index >= 15 is 0 Å². The molecule has 2 aromatic rings. The first-order chi connectivity index (χ1) is 13.0. The molecule has 6 heteroatoms. The van der Waals surface area contributed by atoms with E-state index in [9.17, 15) is 0 Å². The highest BCUT2D eigenvalue weighted by Gasteiger charge is 2.41. The Hall–Kier alpha value is -1.76. The van der Waals surface area contributed by atoms with Crippen molar-refractivity contribution >= 4 is 0 Å². The number of ether oxygens (including phenoxy) is 2. The summed E-state index contributed by atoms with van der Waals surface area (Å²) in [6.45, 7) is 10.5. The summed E-state index contributed by atoms with van der Waals surface area (Å²) >= 11 is 0. The van der Waals surface area contributed by atoms with Gasteiger partial charge in [0.1, 0.15) is 0 Å². The van der Waals surface area contributed by atoms with Crippen molar-refractivity contribution in [2.75, 3.05) is 26.3 Å². The van der Waals surface area contributed by atoms with Crippen molar-refractivity contribution in [3.05, 3.63) is 35.7 Å². The number of hydrogen-bond acceptors (Lipinski definition) is 6. The third-order valence-corrected chi connectivity index (χ3v) is 5.54. The van der Waals surface area contributed by atoms with Gasteiger partial charge in [-0.2, -0.15) is 4.98 Å². The molecule has 0 N–H and O–H groups in total. The summed E-state index contributed by atoms with van der Waals surface area (Å²) in [7, 11) is 0. The molecule has 1 aromatic carbocycles. The van der Waals surface area contributed by atoms with Crippen LogP contribution in [0, 0.1) is 0 Å². The fraction of sp³-hybridized carbons (Fsp3) is 0.619. The number of rotatable bonds is 4. The van der Waals surface area contributed by atoms with Crippen LogP contribution in [0.5, 0.6) is 0 Å². The first-order valence-electron chi connectivity index (χ1n) is 9.94. The van der Waals surface area contributed by atoms with Gasteiger partial charge >= 0.3 is 0 Å². The largest absolute Gasteiger partial charge is 0.381 e. The number of morpholine rings is 1. The van der Waals surface area contributed by atoms with Gasteiger partial charge < -0.3 is 14.0 Å². The van der Waals surface area contributed by atoms with E-state index < -0.39 is 0 Å². The molecule has 0 bridgehead atoms. The third-order valence-electron chi connectivity index (χ3n) is 5.54. The highest BCUT2D eigenvalue weighted by molar-refractivity contribution is 5.54. The lowest BCUT2D eigenvalue weighted by atomic mass is 9.91. The first kappa shape index (κ1) is 18.6. The molecule has 0 aliphatic carbocycles. The Morgan fingerprint density at radius 1 is 1.19 bits per heavy atom. The molecule has 0 amide bonds. The van der Waals surface area contributed by atoms with Gasteiger partial charge in [0.2, 0.25) is 11.7 Å². The lowest BCUT2D eigenvalue weighted by Crippen LogP contribution is -2.56. The summed E-state index contributed by atoms with van der Waals surface area (Å²) in [6.07, 6.45) is 2.10. The van der Waals surface area contributed by atoms with Crippen LogP contribution in [0.3, 0.4) is 0 Å². The van der Waals surface area contributed by atoms with Gasteiger partial charge in [-0.15, -0.1) is 0 Å². The van der Waals surface area contributed by atoms with Crippen LogP contribution >= 0.6 is 0 Å². The van der Waals surface area contributed by atoms with E-state index in [1.165, 1.54) is 5.56 Å². The maximum Gasteiger partial charge on any atom is 0.241 e. The Morgan fingerprint density at radius 2 is 1.93 bits per heavy atom. The van der Waals surface area contributed by atoms with Crippen LogP contribution in [0.25, 0.3) is 11.4 Å². The van der Waals surface area contributed by atoms with Crippen molar-refractivity contribution in [2.24, 2.45) is 0 Å². The summed E-state index contributed by atoms with van der Waals surface area (Å²) in [6, 6.07) is 8.40. The van der Waals surface area contributed by atoms with E-state index in [2.05, 4.69) is 60.1 Å². The SMILES string of the molecule is CC1CN(Cc2nc(-c3ccc(C(C)C)cc3)no2)CC2(CCOCC2)O1. The molecular formula is C21H29N3O3. The molecule has 6 nitrogen and oxygen atoms in total. The summed E-state index contributed by atoms with van der Waals surface area (Å²) in [4.78, 5) is 7.00. The van der Waals surface area contributed by atoms with Gasteiger partial charge in [-0.1, -0.05) is 43.3 Å². The molecule has 1 unspecified atom stereocenters. The smallest absolute Gasteiger partial charge is 0.241 e. The van der Waals surface area contributed by atoms with E-state index in [0.29, 0.717) is 24.2 Å². The molecule has 2 aliphatic rings. The minimum atomic E-state index is -0.0918. The first-order valence-corrected chi connectivity index (χ1v) is 9.94. The zero-order valence-electron chi connectivity index (χ0n) is 16.5. The van der Waals surface area contributed by atoms with Crippen LogP contribution in [0.15, 0.2) is 28.8 Å². The Labute approximate surface area is 160 Å². The van der Waals surface area contributed by atoms with Crippen molar-refractivity contribution < 1.29 is 14.0 Å². The molecule has 0 radical (unpaired) electrons. The molecule has 1 atom stereocenters. The van der Waals surface area contributed by atoms with Crippen LogP contribution in [0.1, 0.15) is 51.0 Å². The molecule has 0 saturated carbocycles. The Kier molecular flexibility index (Phi) is 5.30. The summed E-state index contributed by atoms with van der Waals surface area (Å²) in [5, 5.41) is 4.19. The summed E-state index contributed by atoms with van der Waals surface area (Å²) in [5.41, 5.74) is 2.21. The Morgan fingerprint density at radius 3 is 2.63 bits per heavy atom. The normalized spacial score (nSPS) is 23.2. The standard InChI is InChI=1S/C21H29N3O3/c1-15(2)17-4-6-18(7-5-17)20-22-19(27-23-20)13-24-12-16(3)26-21(14-24)8-10-25-11-9-21/h4-7,15-16H,8-14H2,1-3H3. The number of benzene rings is 1. The highest BCUT2D eigenvalue weighted by Crippen LogP contribution is 2.32. The minimum Gasteiger partial charge on any atom is -0.381 e. The van der Waals surface area contributed by atoms with E-state index in [4.69, 9.17) is 14.0 Å². The van der Waals surface area contributed by atoms with Crippen molar-refractivity contribution in [3.8, 4) is 11.4 Å². The molecule has 2 saturated heterocycles. The number of aromatic nitrogens is 2. The van der Waals surface area contributed by atoms with Crippen molar-refractivity contribution in [1.29, 1.82) is 0 Å². The number of hydrogen-bond donors (Lipinski definition) is 0. The van der Waals surface area contributed by atoms with Gasteiger partial charge in [-0.05, 0) is 18.4 Å². The molecule has 2 fully saturated rings. The van der Waals surface area contributed by atoms with Gasteiger partial charge in [-0.25, -0.2) is 0 Å². The van der Waals surface area contributed by atoms with Crippen molar-refractivity contribution in [2.45, 2.75) is 57.8 Å². The Balaban J connectivity index is 1.44. The molecule has 1 spiro atoms. The second kappa shape index (κ2) is 7.70. The average molecular weight is 371 g/mol. The maximum atomic E-state index is 6.30. The molecule has 27 heavy (non-hydrogen) atoms. The summed E-state index contributed by atoms with van der Waals surface area (Å²) in [5.74, 6) is 1.83. The van der Waals surface area contributed by atoms with Crippen LogP contribution in [-0.2, 0) is 16.0 Å². The third kappa shape index (κ3) is 4.23. The molecule has 2 aliphatic heterocycles. The molecule has 1 aromatic heterocycles. The lowest BCUT2D eigenvalue weighted by molar-refractivity contribution is -0.186. The second-order valence-corrected chi connectivity index (χ2v) is 8.18. The molecule has 4 rings (SSSR count). The van der Waals surface area contributed by atoms with E-state index in [1.807, 2.05) is 0 Å². The predicted octanol–water partition coefficient (Wildman–Crippen LogP) is 3.63. The van der Waals surface area contributed by atoms with Gasteiger partial charge in [0.15, 0.2) is 0 Å². The van der Waals surface area contributed by atoms with Gasteiger partial charge in [0, 0.05) is 44.7 Å². The monoisotopic (exact) mass is 371 g/mol. The quantitative estimate of drug-likeness (QED) is 0.818. The maximum absolute atomic E-state index is 6.30. The van der Waals surface area contributed by atoms with Gasteiger partial charge in [0.25, 0.3) is 0 Å². The molecule has 3 heterocycles. The minimum absolute atomic E-state index is 0.0918. The Bertz CT molecular complexity index is 750. The van der Waals surface area contributed by atoms with Crippen molar-refractivity contribution in [3.63, 3.8) is 0 Å². The topological polar surface area (TPSA) is 60.6 Å². The van der Waals surface area contributed by atoms with Gasteiger partial charge in [0.05, 0.1) is 18.2 Å². The van der Waals surface area contributed by atoms with Crippen LogP contribution < -0.4 is 0 Å². The average Bonchev–Trinajstić information content (AvgIpc) is 3.10. The molecule has 146 valence electrons. The van der Waals surface area contributed by atoms with Crippen molar-refractivity contribution in [1.82, 2.24) is 15.0 Å². The number of nitrogens with zero attached hydrogens (tertiary/aromatic N) is 3.